The molecule has 2 aliphatic heterocycles. The minimum Gasteiger partial charge on any atom is -0.494 e. The van der Waals surface area contributed by atoms with E-state index in [2.05, 4.69) is 17.1 Å². The van der Waals surface area contributed by atoms with Crippen molar-refractivity contribution in [3.8, 4) is 5.75 Å². The van der Waals surface area contributed by atoms with Gasteiger partial charge in [0.25, 0.3) is 5.91 Å². The van der Waals surface area contributed by atoms with Crippen LogP contribution in [0.5, 0.6) is 5.75 Å². The number of amides is 2. The van der Waals surface area contributed by atoms with Crippen LogP contribution in [0.15, 0.2) is 48.5 Å². The van der Waals surface area contributed by atoms with Crippen LogP contribution < -0.4 is 15.0 Å². The predicted molar refractivity (Wildman–Crippen MR) is 163 cm³/mol. The Kier molecular flexibility index (Phi) is 10.7. The van der Waals surface area contributed by atoms with Crippen LogP contribution >= 0.6 is 12.2 Å². The number of carbonyl (C=O) groups excluding carboxylic acids is 3. The fourth-order valence-corrected chi connectivity index (χ4v) is 5.48. The van der Waals surface area contributed by atoms with Crippen molar-refractivity contribution in [2.24, 2.45) is 5.92 Å². The number of ether oxygens (including phenoxy) is 2. The zero-order chi connectivity index (χ0) is 29.4. The van der Waals surface area contributed by atoms with E-state index in [1.807, 2.05) is 24.0 Å². The summed E-state index contributed by atoms with van der Waals surface area (Å²) in [4.78, 5) is 44.8. The summed E-state index contributed by atoms with van der Waals surface area (Å²) in [6, 6.07) is 13.1. The fourth-order valence-electron chi connectivity index (χ4n) is 5.06. The van der Waals surface area contributed by atoms with Crippen LogP contribution in [0.1, 0.15) is 56.8 Å². The van der Waals surface area contributed by atoms with Gasteiger partial charge in [0, 0.05) is 18.8 Å². The first-order chi connectivity index (χ1) is 19.8. The van der Waals surface area contributed by atoms with Gasteiger partial charge in [0.2, 0.25) is 5.91 Å². The maximum atomic E-state index is 13.8. The predicted octanol–water partition coefficient (Wildman–Crippen LogP) is 4.71. The molecule has 4 rings (SSSR count). The minimum absolute atomic E-state index is 0.0402. The zero-order valence-corrected chi connectivity index (χ0v) is 25.0. The van der Waals surface area contributed by atoms with E-state index >= 15 is 0 Å². The second-order valence-electron chi connectivity index (χ2n) is 10.6. The molecule has 2 aromatic rings. The first-order valence-electron chi connectivity index (χ1n) is 14.5. The second kappa shape index (κ2) is 14.4. The van der Waals surface area contributed by atoms with Gasteiger partial charge in [0.15, 0.2) is 5.11 Å². The second-order valence-corrected chi connectivity index (χ2v) is 10.9. The Morgan fingerprint density at radius 2 is 1.68 bits per heavy atom. The lowest BCUT2D eigenvalue weighted by Crippen LogP contribution is -2.44. The monoisotopic (exact) mass is 580 g/mol. The summed E-state index contributed by atoms with van der Waals surface area (Å²) in [6.45, 7) is 10.3. The van der Waals surface area contributed by atoms with Gasteiger partial charge in [-0.1, -0.05) is 13.8 Å². The molecule has 0 spiro atoms. The lowest BCUT2D eigenvalue weighted by atomic mass is 9.99. The van der Waals surface area contributed by atoms with E-state index in [1.165, 1.54) is 4.90 Å². The highest BCUT2D eigenvalue weighted by atomic mass is 32.1. The molecule has 2 heterocycles. The number of rotatable bonds is 12. The molecular formula is C31H40N4O5S. The number of hydrogen-bond acceptors (Lipinski definition) is 7. The lowest BCUT2D eigenvalue weighted by Gasteiger charge is -2.32. The normalized spacial score (nSPS) is 18.1. The summed E-state index contributed by atoms with van der Waals surface area (Å²) < 4.78 is 10.7. The molecule has 0 saturated carbocycles. The van der Waals surface area contributed by atoms with E-state index in [1.54, 1.807) is 43.3 Å². The summed E-state index contributed by atoms with van der Waals surface area (Å²) in [5.41, 5.74) is 1.58. The first kappa shape index (κ1) is 30.5. The molecule has 0 aliphatic carbocycles. The number of likely N-dealkylation sites (tertiary alicyclic amines) is 1. The molecule has 0 radical (unpaired) electrons. The summed E-state index contributed by atoms with van der Waals surface area (Å²) >= 11 is 5.82. The van der Waals surface area contributed by atoms with Gasteiger partial charge in [-0.25, -0.2) is 4.79 Å². The van der Waals surface area contributed by atoms with Crippen LogP contribution in [-0.4, -0.2) is 78.1 Å². The first-order valence-corrected chi connectivity index (χ1v) is 14.9. The summed E-state index contributed by atoms with van der Waals surface area (Å²) in [7, 11) is 0. The molecule has 2 saturated heterocycles. The smallest absolute Gasteiger partial charge is 0.338 e. The van der Waals surface area contributed by atoms with Crippen molar-refractivity contribution in [1.82, 2.24) is 9.80 Å². The molecule has 2 aliphatic rings. The molecule has 1 N–H and O–H groups in total. The Morgan fingerprint density at radius 3 is 2.32 bits per heavy atom. The van der Waals surface area contributed by atoms with Gasteiger partial charge in [-0.2, -0.15) is 0 Å². The molecule has 9 nitrogen and oxygen atoms in total. The van der Waals surface area contributed by atoms with Gasteiger partial charge in [-0.3, -0.25) is 14.5 Å². The molecule has 41 heavy (non-hydrogen) atoms. The standard InChI is InChI=1S/C31H40N4O5S/c1-4-20-40-26-12-8-24(9-13-26)32-28(36)21-27-29(37)35(25-10-6-23(7-11-25)30(38)39-5-2)31(41)34(27)19-18-33-16-14-22(3)15-17-33/h6-13,22,27H,4-5,14-21H2,1-3H3,(H,32,36)/t27-/m0/s1. The molecule has 0 bridgehead atoms. The number of piperidine rings is 1. The van der Waals surface area contributed by atoms with Crippen molar-refractivity contribution in [2.45, 2.75) is 52.5 Å². The SMILES string of the molecule is CCCOc1ccc(NC(=O)C[C@H]2C(=O)N(c3ccc(C(=O)OCC)cc3)C(=S)N2CCN2CCC(C)CC2)cc1. The Bertz CT molecular complexity index is 1210. The molecule has 0 aromatic heterocycles. The van der Waals surface area contributed by atoms with Crippen molar-refractivity contribution in [2.75, 3.05) is 49.6 Å². The summed E-state index contributed by atoms with van der Waals surface area (Å²) in [5, 5.41) is 3.27. The zero-order valence-electron chi connectivity index (χ0n) is 24.1. The van der Waals surface area contributed by atoms with E-state index < -0.39 is 12.0 Å². The highest BCUT2D eigenvalue weighted by molar-refractivity contribution is 7.80. The van der Waals surface area contributed by atoms with E-state index in [-0.39, 0.29) is 24.8 Å². The molecule has 2 amide bonds. The van der Waals surface area contributed by atoms with Crippen LogP contribution in [-0.2, 0) is 14.3 Å². The number of nitrogens with zero attached hydrogens (tertiary/aromatic N) is 3. The van der Waals surface area contributed by atoms with E-state index in [0.29, 0.717) is 35.2 Å². The average molecular weight is 581 g/mol. The Morgan fingerprint density at radius 1 is 1.00 bits per heavy atom. The molecule has 10 heteroatoms. The van der Waals surface area contributed by atoms with Gasteiger partial charge in [0.1, 0.15) is 11.8 Å². The summed E-state index contributed by atoms with van der Waals surface area (Å²) in [5.74, 6) is 0.502. The molecular weight excluding hydrogens is 540 g/mol. The minimum atomic E-state index is -0.733. The van der Waals surface area contributed by atoms with Crippen LogP contribution in [0.4, 0.5) is 11.4 Å². The average Bonchev–Trinajstić information content (AvgIpc) is 3.20. The number of nitrogens with one attached hydrogen (secondary N) is 1. The fraction of sp³-hybridized carbons (Fsp3) is 0.484. The molecule has 220 valence electrons. The van der Waals surface area contributed by atoms with Crippen LogP contribution in [0.2, 0.25) is 0 Å². The van der Waals surface area contributed by atoms with Crippen LogP contribution in [0.3, 0.4) is 0 Å². The number of thiocarbonyl (C=S) groups is 1. The number of hydrogen-bond donors (Lipinski definition) is 1. The van der Waals surface area contributed by atoms with Crippen molar-refractivity contribution < 1.29 is 23.9 Å². The van der Waals surface area contributed by atoms with E-state index in [9.17, 15) is 14.4 Å². The summed E-state index contributed by atoms with van der Waals surface area (Å²) in [6.07, 6.45) is 3.17. The maximum Gasteiger partial charge on any atom is 0.338 e. The Balaban J connectivity index is 1.48. The number of carbonyl (C=O) groups is 3. The van der Waals surface area contributed by atoms with Crippen LogP contribution in [0.25, 0.3) is 0 Å². The number of anilines is 2. The third-order valence-electron chi connectivity index (χ3n) is 7.48. The van der Waals surface area contributed by atoms with Gasteiger partial charge < -0.3 is 24.6 Å². The molecule has 0 unspecified atom stereocenters. The largest absolute Gasteiger partial charge is 0.494 e. The highest BCUT2D eigenvalue weighted by Crippen LogP contribution is 2.28. The Hall–Kier alpha value is -3.50. The quantitative estimate of drug-likeness (QED) is 0.285. The van der Waals surface area contributed by atoms with E-state index in [4.69, 9.17) is 21.7 Å². The van der Waals surface area contributed by atoms with Gasteiger partial charge in [0.05, 0.1) is 30.9 Å². The third-order valence-corrected chi connectivity index (χ3v) is 7.90. The lowest BCUT2D eigenvalue weighted by molar-refractivity contribution is -0.124. The maximum absolute atomic E-state index is 13.8. The molecule has 2 fully saturated rings. The van der Waals surface area contributed by atoms with Crippen molar-refractivity contribution in [3.05, 3.63) is 54.1 Å². The Labute approximate surface area is 247 Å². The van der Waals surface area contributed by atoms with Gasteiger partial charge in [-0.15, -0.1) is 0 Å². The van der Waals surface area contributed by atoms with E-state index in [0.717, 1.165) is 50.6 Å². The van der Waals surface area contributed by atoms with Gasteiger partial charge >= 0.3 is 5.97 Å². The number of benzene rings is 2. The number of esters is 1. The molecule has 2 aromatic carbocycles. The molecule has 1 atom stereocenters. The highest BCUT2D eigenvalue weighted by Gasteiger charge is 2.44. The van der Waals surface area contributed by atoms with Gasteiger partial charge in [-0.05, 0) is 106 Å². The van der Waals surface area contributed by atoms with Crippen molar-refractivity contribution >= 4 is 46.5 Å². The topological polar surface area (TPSA) is 91.4 Å². The third kappa shape index (κ3) is 7.83. The van der Waals surface area contributed by atoms with Crippen LogP contribution in [0, 0.1) is 5.92 Å². The van der Waals surface area contributed by atoms with Crippen molar-refractivity contribution in [1.29, 1.82) is 0 Å². The van der Waals surface area contributed by atoms with Crippen molar-refractivity contribution in [3.63, 3.8) is 0 Å².